The van der Waals surface area contributed by atoms with Gasteiger partial charge in [0.2, 0.25) is 0 Å². The van der Waals surface area contributed by atoms with Gasteiger partial charge in [0.25, 0.3) is 0 Å². The summed E-state index contributed by atoms with van der Waals surface area (Å²) in [6, 6.07) is 8.08. The summed E-state index contributed by atoms with van der Waals surface area (Å²) in [5.41, 5.74) is 3.05. The van der Waals surface area contributed by atoms with E-state index in [1.807, 2.05) is 0 Å². The minimum atomic E-state index is -1.23. The van der Waals surface area contributed by atoms with Gasteiger partial charge in [0, 0.05) is 23.2 Å². The maximum Gasteiger partial charge on any atom is 0.336 e. The van der Waals surface area contributed by atoms with Gasteiger partial charge in [0.1, 0.15) is 30.1 Å². The summed E-state index contributed by atoms with van der Waals surface area (Å²) in [5, 5.41) is 32.5. The van der Waals surface area contributed by atoms with Crippen LogP contribution in [0.4, 0.5) is 5.69 Å². The summed E-state index contributed by atoms with van der Waals surface area (Å²) < 4.78 is 5.08. The van der Waals surface area contributed by atoms with Crippen LogP contribution in [0.25, 0.3) is 11.0 Å². The third-order valence-electron chi connectivity index (χ3n) is 3.54. The monoisotopic (exact) mass is 308 g/mol. The summed E-state index contributed by atoms with van der Waals surface area (Å²) in [5.74, 6) is 0. The van der Waals surface area contributed by atoms with Crippen LogP contribution in [0.2, 0.25) is 0 Å². The molecule has 0 amide bonds. The highest BCUT2D eigenvalue weighted by molar-refractivity contribution is 5.80. The third-order valence-corrected chi connectivity index (χ3v) is 3.54. The van der Waals surface area contributed by atoms with Gasteiger partial charge in [-0.05, 0) is 18.2 Å². The molecule has 1 fully saturated rings. The lowest BCUT2D eigenvalue weighted by Crippen LogP contribution is -2.62. The van der Waals surface area contributed by atoms with E-state index >= 15 is 0 Å². The fourth-order valence-electron chi connectivity index (χ4n) is 2.31. The number of fused-ring (bicyclic) bond motifs is 1. The second kappa shape index (κ2) is 6.03. The smallest absolute Gasteiger partial charge is 0.336 e. The molecule has 2 heterocycles. The summed E-state index contributed by atoms with van der Waals surface area (Å²) in [4.78, 5) is 16.3. The van der Waals surface area contributed by atoms with Crippen LogP contribution in [0.5, 0.6) is 0 Å². The largest absolute Gasteiger partial charge is 0.423 e. The number of hydrogen-bond donors (Lipinski definition) is 5. The molecule has 3 rings (SSSR count). The van der Waals surface area contributed by atoms with Crippen LogP contribution in [-0.4, -0.2) is 46.4 Å². The van der Waals surface area contributed by atoms with Crippen molar-refractivity contribution < 1.29 is 24.6 Å². The molecule has 1 aromatic heterocycles. The Hall–Kier alpha value is -1.97. The van der Waals surface area contributed by atoms with Gasteiger partial charge in [-0.15, -0.1) is 0 Å². The van der Waals surface area contributed by atoms with E-state index in [4.69, 9.17) is 14.4 Å². The second-order valence-electron chi connectivity index (χ2n) is 5.07. The van der Waals surface area contributed by atoms with Crippen molar-refractivity contribution in [1.29, 1.82) is 0 Å². The quantitative estimate of drug-likeness (QED) is 0.464. The molecule has 1 aliphatic rings. The van der Waals surface area contributed by atoms with Crippen molar-refractivity contribution in [2.45, 2.75) is 24.5 Å². The van der Waals surface area contributed by atoms with Crippen LogP contribution in [0.1, 0.15) is 0 Å². The highest BCUT2D eigenvalue weighted by Gasteiger charge is 2.38. The summed E-state index contributed by atoms with van der Waals surface area (Å²) >= 11 is 0. The van der Waals surface area contributed by atoms with Gasteiger partial charge in [-0.1, -0.05) is 0 Å². The number of aliphatic hydroxyl groups is 3. The Labute approximate surface area is 124 Å². The van der Waals surface area contributed by atoms with E-state index in [9.17, 15) is 15.0 Å². The fourth-order valence-corrected chi connectivity index (χ4v) is 2.31. The van der Waals surface area contributed by atoms with Crippen LogP contribution in [-0.2, 0) is 4.84 Å². The van der Waals surface area contributed by atoms with E-state index in [-0.39, 0.29) is 0 Å². The Kier molecular flexibility index (Phi) is 4.10. The van der Waals surface area contributed by atoms with Gasteiger partial charge in [-0.3, -0.25) is 4.84 Å². The minimum Gasteiger partial charge on any atom is -0.423 e. The van der Waals surface area contributed by atoms with Gasteiger partial charge in [-0.2, -0.15) is 5.48 Å². The molecule has 3 unspecified atom stereocenters. The van der Waals surface area contributed by atoms with Crippen LogP contribution in [0.3, 0.4) is 0 Å². The Balaban J connectivity index is 1.79. The van der Waals surface area contributed by atoms with E-state index in [1.54, 1.807) is 24.3 Å². The molecule has 0 saturated carbocycles. The Morgan fingerprint density at radius 3 is 2.73 bits per heavy atom. The molecule has 0 spiro atoms. The molecule has 1 saturated heterocycles. The first-order chi connectivity index (χ1) is 10.6. The van der Waals surface area contributed by atoms with Gasteiger partial charge < -0.3 is 25.1 Å². The average Bonchev–Trinajstić information content (AvgIpc) is 2.52. The van der Waals surface area contributed by atoms with Crippen molar-refractivity contribution in [2.24, 2.45) is 0 Å². The van der Waals surface area contributed by atoms with Crippen LogP contribution < -0.4 is 16.4 Å². The predicted molar refractivity (Wildman–Crippen MR) is 77.0 cm³/mol. The van der Waals surface area contributed by atoms with Gasteiger partial charge in [0.05, 0.1) is 6.61 Å². The van der Waals surface area contributed by atoms with Crippen LogP contribution in [0, 0.1) is 0 Å². The van der Waals surface area contributed by atoms with Gasteiger partial charge in [-0.25, -0.2) is 4.79 Å². The van der Waals surface area contributed by atoms with E-state index < -0.39 is 36.7 Å². The van der Waals surface area contributed by atoms with E-state index in [0.717, 1.165) is 5.39 Å². The Bertz CT molecular complexity index is 718. The molecule has 0 aliphatic carbocycles. The first-order valence-electron chi connectivity index (χ1n) is 6.77. The summed E-state index contributed by atoms with van der Waals surface area (Å²) in [6.45, 7) is -0.418. The molecule has 0 bridgehead atoms. The first-order valence-corrected chi connectivity index (χ1v) is 6.77. The number of hydrogen-bond acceptors (Lipinski definition) is 8. The zero-order valence-corrected chi connectivity index (χ0v) is 11.5. The second-order valence-corrected chi connectivity index (χ2v) is 5.07. The highest BCUT2D eigenvalue weighted by Crippen LogP contribution is 2.20. The Morgan fingerprint density at radius 2 is 1.95 bits per heavy atom. The molecular weight excluding hydrogens is 292 g/mol. The molecular formula is C14H16N2O6. The minimum absolute atomic E-state index is 0.400. The lowest BCUT2D eigenvalue weighted by molar-refractivity contribution is -0.197. The molecule has 8 nitrogen and oxygen atoms in total. The molecule has 5 N–H and O–H groups in total. The van der Waals surface area contributed by atoms with Crippen molar-refractivity contribution >= 4 is 16.7 Å². The molecule has 1 aliphatic heterocycles. The molecule has 1 aromatic carbocycles. The standard InChI is InChI=1S/C14H16N2O6/c17-6-10-12(19)13(20)14(16-22-10)15-8-3-1-7-2-4-11(18)21-9(7)5-8/h1-5,10,12-17,19-20H,6H2/t10?,12-,13?,14?/m1/s1. The average molecular weight is 308 g/mol. The molecule has 118 valence electrons. The molecule has 22 heavy (non-hydrogen) atoms. The maximum absolute atomic E-state index is 11.2. The number of benzene rings is 1. The van der Waals surface area contributed by atoms with Crippen LogP contribution >= 0.6 is 0 Å². The topological polar surface area (TPSA) is 124 Å². The van der Waals surface area contributed by atoms with Crippen molar-refractivity contribution in [2.75, 3.05) is 11.9 Å². The van der Waals surface area contributed by atoms with Gasteiger partial charge >= 0.3 is 5.63 Å². The Morgan fingerprint density at radius 1 is 1.18 bits per heavy atom. The number of nitrogens with one attached hydrogen (secondary N) is 2. The fraction of sp³-hybridized carbons (Fsp3) is 0.357. The van der Waals surface area contributed by atoms with Crippen LogP contribution in [0.15, 0.2) is 39.5 Å². The van der Waals surface area contributed by atoms with Crippen molar-refractivity contribution in [3.63, 3.8) is 0 Å². The first kappa shape index (κ1) is 14.9. The molecule has 8 heteroatoms. The predicted octanol–water partition coefficient (Wildman–Crippen LogP) is -0.852. The summed E-state index contributed by atoms with van der Waals surface area (Å²) in [6.07, 6.45) is -4.11. The van der Waals surface area contributed by atoms with Crippen molar-refractivity contribution in [3.05, 3.63) is 40.8 Å². The molecule has 0 radical (unpaired) electrons. The van der Waals surface area contributed by atoms with E-state index in [1.165, 1.54) is 6.07 Å². The van der Waals surface area contributed by atoms with Gasteiger partial charge in [0.15, 0.2) is 0 Å². The highest BCUT2D eigenvalue weighted by atomic mass is 16.7. The number of rotatable bonds is 3. The molecule has 2 aromatic rings. The zero-order chi connectivity index (χ0) is 15.7. The number of aliphatic hydroxyl groups excluding tert-OH is 3. The SMILES string of the molecule is O=c1ccc2ccc(NC3NOC(CO)[C@@H](O)C3O)cc2o1. The lowest BCUT2D eigenvalue weighted by Gasteiger charge is -2.37. The van der Waals surface area contributed by atoms with E-state index in [0.29, 0.717) is 11.3 Å². The zero-order valence-electron chi connectivity index (χ0n) is 11.5. The number of hydroxylamine groups is 1. The normalized spacial score (nSPS) is 28.7. The van der Waals surface area contributed by atoms with Crippen molar-refractivity contribution in [1.82, 2.24) is 5.48 Å². The lowest BCUT2D eigenvalue weighted by atomic mass is 10.0. The molecule has 4 atom stereocenters. The van der Waals surface area contributed by atoms with E-state index in [2.05, 4.69) is 10.8 Å². The van der Waals surface area contributed by atoms with Crippen molar-refractivity contribution in [3.8, 4) is 0 Å². The summed E-state index contributed by atoms with van der Waals surface area (Å²) in [7, 11) is 0. The number of anilines is 1. The maximum atomic E-state index is 11.2. The third kappa shape index (κ3) is 2.82.